The highest BCUT2D eigenvalue weighted by atomic mass is 19.1. The van der Waals surface area contributed by atoms with Gasteiger partial charge in [-0.2, -0.15) is 0 Å². The first-order valence-corrected chi connectivity index (χ1v) is 9.35. The predicted octanol–water partition coefficient (Wildman–Crippen LogP) is 3.74. The largest absolute Gasteiger partial charge is 0.371 e. The molecule has 0 saturated carbocycles. The van der Waals surface area contributed by atoms with Crippen molar-refractivity contribution >= 4 is 29.0 Å². The molecule has 1 aliphatic rings. The maximum atomic E-state index is 13.9. The van der Waals surface area contributed by atoms with E-state index in [2.05, 4.69) is 39.9 Å². The van der Waals surface area contributed by atoms with E-state index in [0.29, 0.717) is 18.2 Å². The maximum absolute atomic E-state index is 13.9. The van der Waals surface area contributed by atoms with Crippen LogP contribution in [-0.4, -0.2) is 31.6 Å². The van der Waals surface area contributed by atoms with E-state index in [9.17, 15) is 14.0 Å². The summed E-state index contributed by atoms with van der Waals surface area (Å²) in [6, 6.07) is 11.8. The summed E-state index contributed by atoms with van der Waals surface area (Å²) in [4.78, 5) is 25.6. The van der Waals surface area contributed by atoms with Gasteiger partial charge in [-0.05, 0) is 49.1 Å². The molecule has 3 amide bonds. The van der Waals surface area contributed by atoms with Crippen molar-refractivity contribution in [2.45, 2.75) is 20.3 Å². The van der Waals surface area contributed by atoms with Crippen LogP contribution in [0.15, 0.2) is 42.5 Å². The molecule has 0 radical (unpaired) electrons. The Bertz CT molecular complexity index is 871. The highest BCUT2D eigenvalue weighted by Crippen LogP contribution is 2.26. The van der Waals surface area contributed by atoms with Gasteiger partial charge in [-0.15, -0.1) is 0 Å². The minimum atomic E-state index is -0.559. The topological polar surface area (TPSA) is 73.5 Å². The van der Waals surface area contributed by atoms with Gasteiger partial charge in [0.2, 0.25) is 5.91 Å². The highest BCUT2D eigenvalue weighted by molar-refractivity contribution is 5.92. The molecule has 1 fully saturated rings. The van der Waals surface area contributed by atoms with Crippen LogP contribution < -0.4 is 20.9 Å². The predicted molar refractivity (Wildman–Crippen MR) is 109 cm³/mol. The van der Waals surface area contributed by atoms with Gasteiger partial charge in [0, 0.05) is 37.9 Å². The number of hydrogen-bond donors (Lipinski definition) is 3. The number of aryl methyl sites for hydroxylation is 1. The van der Waals surface area contributed by atoms with Gasteiger partial charge in [0.1, 0.15) is 5.82 Å². The summed E-state index contributed by atoms with van der Waals surface area (Å²) in [7, 11) is 0. The van der Waals surface area contributed by atoms with Crippen LogP contribution in [0.4, 0.5) is 26.2 Å². The second-order valence-electron chi connectivity index (χ2n) is 7.10. The second kappa shape index (κ2) is 8.73. The van der Waals surface area contributed by atoms with Crippen LogP contribution in [0.5, 0.6) is 0 Å². The Labute approximate surface area is 164 Å². The number of para-hydroxylation sites is 1. The normalized spacial score (nSPS) is 16.0. The van der Waals surface area contributed by atoms with Crippen LogP contribution in [0, 0.1) is 18.7 Å². The zero-order chi connectivity index (χ0) is 20.1. The van der Waals surface area contributed by atoms with Gasteiger partial charge in [0.15, 0.2) is 0 Å². The number of nitrogens with one attached hydrogen (secondary N) is 3. The number of halogens is 1. The molecule has 1 aliphatic heterocycles. The molecule has 1 heterocycles. The van der Waals surface area contributed by atoms with Gasteiger partial charge >= 0.3 is 6.03 Å². The summed E-state index contributed by atoms with van der Waals surface area (Å²) in [5.74, 6) is -0.488. The molecule has 3 N–H and O–H groups in total. The number of urea groups is 1. The minimum Gasteiger partial charge on any atom is -0.371 e. The Kier molecular flexibility index (Phi) is 6.13. The van der Waals surface area contributed by atoms with Crippen LogP contribution >= 0.6 is 0 Å². The molecule has 6 nitrogen and oxygen atoms in total. The summed E-state index contributed by atoms with van der Waals surface area (Å²) in [6.07, 6.45) is 0.987. The lowest BCUT2D eigenvalue weighted by Crippen LogP contribution is -2.34. The summed E-state index contributed by atoms with van der Waals surface area (Å²) < 4.78 is 13.9. The monoisotopic (exact) mass is 384 g/mol. The zero-order valence-electron chi connectivity index (χ0n) is 16.1. The van der Waals surface area contributed by atoms with E-state index in [0.717, 1.165) is 19.5 Å². The first kappa shape index (κ1) is 19.7. The van der Waals surface area contributed by atoms with Crippen molar-refractivity contribution in [2.75, 3.05) is 35.2 Å². The van der Waals surface area contributed by atoms with Crippen LogP contribution in [0.2, 0.25) is 0 Å². The Morgan fingerprint density at radius 1 is 1.18 bits per heavy atom. The van der Waals surface area contributed by atoms with Crippen LogP contribution in [0.1, 0.15) is 18.9 Å². The van der Waals surface area contributed by atoms with Gasteiger partial charge in [0.25, 0.3) is 0 Å². The maximum Gasteiger partial charge on any atom is 0.319 e. The zero-order valence-corrected chi connectivity index (χ0v) is 16.1. The van der Waals surface area contributed by atoms with E-state index in [1.165, 1.54) is 36.4 Å². The summed E-state index contributed by atoms with van der Waals surface area (Å²) in [5.41, 5.74) is 2.92. The average molecular weight is 384 g/mol. The van der Waals surface area contributed by atoms with E-state index in [1.807, 2.05) is 12.1 Å². The van der Waals surface area contributed by atoms with Gasteiger partial charge < -0.3 is 20.9 Å². The van der Waals surface area contributed by atoms with Gasteiger partial charge in [-0.25, -0.2) is 9.18 Å². The first-order chi connectivity index (χ1) is 13.4. The van der Waals surface area contributed by atoms with Crippen molar-refractivity contribution in [2.24, 2.45) is 5.92 Å². The number of anilines is 3. The number of rotatable bonds is 5. The molecular formula is C21H25FN4O2. The Morgan fingerprint density at radius 3 is 2.71 bits per heavy atom. The third kappa shape index (κ3) is 5.00. The molecular weight excluding hydrogens is 359 g/mol. The molecule has 148 valence electrons. The van der Waals surface area contributed by atoms with Crippen molar-refractivity contribution in [1.29, 1.82) is 0 Å². The SMILES string of the molecule is CC(=O)Nc1ccc(F)c(NC(=O)NCC2CCN(c3ccccc3C)C2)c1. The number of benzene rings is 2. The lowest BCUT2D eigenvalue weighted by atomic mass is 10.1. The van der Waals surface area contributed by atoms with Crippen molar-refractivity contribution < 1.29 is 14.0 Å². The molecule has 0 spiro atoms. The quantitative estimate of drug-likeness (QED) is 0.735. The number of carbonyl (C=O) groups is 2. The molecule has 28 heavy (non-hydrogen) atoms. The number of nitrogens with zero attached hydrogens (tertiary/aromatic N) is 1. The van der Waals surface area contributed by atoms with Gasteiger partial charge in [-0.3, -0.25) is 4.79 Å². The third-order valence-electron chi connectivity index (χ3n) is 4.83. The molecule has 3 rings (SSSR count). The lowest BCUT2D eigenvalue weighted by Gasteiger charge is -2.21. The summed E-state index contributed by atoms with van der Waals surface area (Å²) in [6.45, 7) is 5.80. The molecule has 1 atom stereocenters. The van der Waals surface area contributed by atoms with E-state index >= 15 is 0 Å². The fraction of sp³-hybridized carbons (Fsp3) is 0.333. The van der Waals surface area contributed by atoms with Crippen molar-refractivity contribution in [3.63, 3.8) is 0 Å². The molecule has 0 aliphatic carbocycles. The smallest absolute Gasteiger partial charge is 0.319 e. The molecule has 1 unspecified atom stereocenters. The summed E-state index contributed by atoms with van der Waals surface area (Å²) >= 11 is 0. The van der Waals surface area contributed by atoms with Crippen molar-refractivity contribution in [3.05, 3.63) is 53.8 Å². The Hall–Kier alpha value is -3.09. The van der Waals surface area contributed by atoms with Crippen molar-refractivity contribution in [1.82, 2.24) is 5.32 Å². The van der Waals surface area contributed by atoms with Crippen molar-refractivity contribution in [3.8, 4) is 0 Å². The van der Waals surface area contributed by atoms with Crippen LogP contribution in [0.25, 0.3) is 0 Å². The Morgan fingerprint density at radius 2 is 1.96 bits per heavy atom. The fourth-order valence-electron chi connectivity index (χ4n) is 3.44. The molecule has 2 aromatic carbocycles. The number of carbonyl (C=O) groups excluding carboxylic acids is 2. The molecule has 1 saturated heterocycles. The van der Waals surface area contributed by atoms with E-state index in [4.69, 9.17) is 0 Å². The number of hydrogen-bond acceptors (Lipinski definition) is 3. The molecule has 7 heteroatoms. The Balaban J connectivity index is 1.51. The minimum absolute atomic E-state index is 0.0247. The van der Waals surface area contributed by atoms with Crippen LogP contribution in [0.3, 0.4) is 0 Å². The fourth-order valence-corrected chi connectivity index (χ4v) is 3.44. The van der Waals surface area contributed by atoms with Crippen LogP contribution in [-0.2, 0) is 4.79 Å². The molecule has 0 aromatic heterocycles. The lowest BCUT2D eigenvalue weighted by molar-refractivity contribution is -0.114. The molecule has 0 bridgehead atoms. The second-order valence-corrected chi connectivity index (χ2v) is 7.10. The highest BCUT2D eigenvalue weighted by Gasteiger charge is 2.24. The molecule has 2 aromatic rings. The van der Waals surface area contributed by atoms with E-state index in [-0.39, 0.29) is 11.6 Å². The van der Waals surface area contributed by atoms with E-state index in [1.54, 1.807) is 0 Å². The third-order valence-corrected chi connectivity index (χ3v) is 4.83. The summed E-state index contributed by atoms with van der Waals surface area (Å²) in [5, 5.41) is 7.89. The number of amides is 3. The first-order valence-electron chi connectivity index (χ1n) is 9.35. The standard InChI is InChI=1S/C21H25FN4O2/c1-14-5-3-4-6-20(14)26-10-9-16(13-26)12-23-21(28)25-19-11-17(24-15(2)27)7-8-18(19)22/h3-8,11,16H,9-10,12-13H2,1-2H3,(H,24,27)(H2,23,25,28). The van der Waals surface area contributed by atoms with E-state index < -0.39 is 11.8 Å². The van der Waals surface area contributed by atoms with Gasteiger partial charge in [0.05, 0.1) is 5.69 Å². The van der Waals surface area contributed by atoms with Gasteiger partial charge in [-0.1, -0.05) is 18.2 Å². The average Bonchev–Trinajstić information content (AvgIpc) is 3.11.